The van der Waals surface area contributed by atoms with Crippen LogP contribution in [0, 0.1) is 0 Å². The Balaban J connectivity index is 5.35. The van der Waals surface area contributed by atoms with Gasteiger partial charge in [0.05, 0.1) is 6.04 Å². The molecule has 190 valence electrons. The molecule has 0 radical (unpaired) electrons. The van der Waals surface area contributed by atoms with Crippen LogP contribution in [0.3, 0.4) is 0 Å². The summed E-state index contributed by atoms with van der Waals surface area (Å²) in [5, 5.41) is 16.5. The van der Waals surface area contributed by atoms with Crippen molar-refractivity contribution in [2.75, 3.05) is 24.3 Å². The van der Waals surface area contributed by atoms with E-state index < -0.39 is 53.8 Å². The van der Waals surface area contributed by atoms with Gasteiger partial charge in [-0.3, -0.25) is 19.2 Å². The minimum Gasteiger partial charge on any atom is -0.480 e. The number of thioether (sulfide) groups is 1. The molecule has 33 heavy (non-hydrogen) atoms. The largest absolute Gasteiger partial charge is 0.480 e. The van der Waals surface area contributed by atoms with E-state index in [1.165, 1.54) is 11.8 Å². The molecule has 4 amide bonds. The predicted molar refractivity (Wildman–Crippen MR) is 130 cm³/mol. The Hall–Kier alpha value is -2.03. The molecule has 0 saturated heterocycles. The third-order valence-electron chi connectivity index (χ3n) is 4.66. The van der Waals surface area contributed by atoms with Gasteiger partial charge >= 0.3 is 5.97 Å². The van der Waals surface area contributed by atoms with E-state index in [1.54, 1.807) is 0 Å². The van der Waals surface area contributed by atoms with Crippen LogP contribution in [0.5, 0.6) is 0 Å². The van der Waals surface area contributed by atoms with Gasteiger partial charge in [0, 0.05) is 12.2 Å². The normalized spacial score (nSPS) is 14.4. The van der Waals surface area contributed by atoms with E-state index in [4.69, 9.17) is 22.3 Å². The van der Waals surface area contributed by atoms with Gasteiger partial charge in [0.1, 0.15) is 18.1 Å². The number of nitrogens with one attached hydrogen (secondary N) is 3. The van der Waals surface area contributed by atoms with Crippen LogP contribution in [0.4, 0.5) is 0 Å². The summed E-state index contributed by atoms with van der Waals surface area (Å²) in [6, 6.07) is -4.32. The first kappa shape index (κ1) is 31.0. The van der Waals surface area contributed by atoms with E-state index in [0.717, 1.165) is 6.42 Å². The maximum atomic E-state index is 12.9. The van der Waals surface area contributed by atoms with E-state index in [-0.39, 0.29) is 25.0 Å². The topological polar surface area (TPSA) is 220 Å². The maximum Gasteiger partial charge on any atom is 0.327 e. The number of carboxylic acids is 1. The highest BCUT2D eigenvalue weighted by Crippen LogP contribution is 2.06. The smallest absolute Gasteiger partial charge is 0.327 e. The van der Waals surface area contributed by atoms with Crippen molar-refractivity contribution in [2.45, 2.75) is 62.7 Å². The van der Waals surface area contributed by atoms with Crippen molar-refractivity contribution < 1.29 is 29.1 Å². The highest BCUT2D eigenvalue weighted by atomic mass is 32.2. The van der Waals surface area contributed by atoms with E-state index in [9.17, 15) is 24.0 Å². The molecule has 0 heterocycles. The Morgan fingerprint density at radius 1 is 0.909 bits per heavy atom. The second-order valence-corrected chi connectivity index (χ2v) is 8.73. The number of carboxylic acid groups (broad SMARTS) is 1. The zero-order valence-corrected chi connectivity index (χ0v) is 20.5. The maximum absolute atomic E-state index is 12.9. The van der Waals surface area contributed by atoms with Gasteiger partial charge in [0.2, 0.25) is 23.6 Å². The van der Waals surface area contributed by atoms with Crippen LogP contribution in [-0.4, -0.2) is 83.2 Å². The number of hydrogen-bond donors (Lipinski definition) is 8. The van der Waals surface area contributed by atoms with Gasteiger partial charge in [0.25, 0.3) is 0 Å². The van der Waals surface area contributed by atoms with E-state index in [2.05, 4.69) is 28.6 Å². The number of nitrogens with two attached hydrogens (primary N) is 3. The fourth-order valence-corrected chi connectivity index (χ4v) is 3.43. The van der Waals surface area contributed by atoms with Crippen LogP contribution >= 0.6 is 24.4 Å². The molecule has 0 aromatic carbocycles. The van der Waals surface area contributed by atoms with Gasteiger partial charge in [-0.25, -0.2) is 4.79 Å². The molecule has 4 unspecified atom stereocenters. The molecule has 0 aliphatic carbocycles. The highest BCUT2D eigenvalue weighted by Gasteiger charge is 2.30. The fraction of sp³-hybridized carbons (Fsp3) is 0.737. The number of thiol groups is 1. The Kier molecular flexibility index (Phi) is 16.4. The summed E-state index contributed by atoms with van der Waals surface area (Å²) in [6.07, 6.45) is 3.53. The van der Waals surface area contributed by atoms with Crippen molar-refractivity contribution in [3.63, 3.8) is 0 Å². The second kappa shape index (κ2) is 17.4. The molecule has 0 spiro atoms. The number of aliphatic carboxylic acids is 1. The van der Waals surface area contributed by atoms with Crippen molar-refractivity contribution in [1.82, 2.24) is 16.0 Å². The molecule has 0 rings (SSSR count). The summed E-state index contributed by atoms with van der Waals surface area (Å²) in [4.78, 5) is 60.3. The number of carbonyl (C=O) groups is 5. The SMILES string of the molecule is CSCCC(NC(=O)C(N)CCCCN)C(=O)NC(CCC(N)=O)C(=O)NC(CS)C(=O)O. The Morgan fingerprint density at radius 2 is 1.45 bits per heavy atom. The molecule has 0 fully saturated rings. The molecule has 0 aliphatic heterocycles. The summed E-state index contributed by atoms with van der Waals surface area (Å²) < 4.78 is 0. The van der Waals surface area contributed by atoms with Crippen molar-refractivity contribution in [1.29, 1.82) is 0 Å². The van der Waals surface area contributed by atoms with Crippen molar-refractivity contribution in [3.05, 3.63) is 0 Å². The lowest BCUT2D eigenvalue weighted by molar-refractivity contribution is -0.141. The van der Waals surface area contributed by atoms with E-state index in [0.29, 0.717) is 25.1 Å². The molecule has 4 atom stereocenters. The number of carbonyl (C=O) groups excluding carboxylic acids is 4. The zero-order valence-electron chi connectivity index (χ0n) is 18.7. The monoisotopic (exact) mass is 508 g/mol. The molecule has 0 saturated carbocycles. The average Bonchev–Trinajstić information content (AvgIpc) is 2.76. The molecule has 14 heteroatoms. The summed E-state index contributed by atoms with van der Waals surface area (Å²) in [6.45, 7) is 0.484. The van der Waals surface area contributed by atoms with Crippen LogP contribution in [0.1, 0.15) is 38.5 Å². The van der Waals surface area contributed by atoms with Crippen LogP contribution in [0.15, 0.2) is 0 Å². The van der Waals surface area contributed by atoms with Gasteiger partial charge in [0.15, 0.2) is 0 Å². The number of amides is 4. The van der Waals surface area contributed by atoms with Gasteiger partial charge in [-0.05, 0) is 44.2 Å². The molecule has 0 aromatic heterocycles. The molecular formula is C19H36N6O6S2. The van der Waals surface area contributed by atoms with Gasteiger partial charge in [-0.1, -0.05) is 6.42 Å². The lowest BCUT2D eigenvalue weighted by Crippen LogP contribution is -2.57. The molecular weight excluding hydrogens is 472 g/mol. The Bertz CT molecular complexity index is 669. The highest BCUT2D eigenvalue weighted by molar-refractivity contribution is 7.98. The van der Waals surface area contributed by atoms with Gasteiger partial charge in [-0.15, -0.1) is 0 Å². The average molecular weight is 509 g/mol. The van der Waals surface area contributed by atoms with E-state index in [1.807, 2.05) is 6.26 Å². The van der Waals surface area contributed by atoms with Crippen molar-refractivity contribution in [2.24, 2.45) is 17.2 Å². The Labute approximate surface area is 203 Å². The third-order valence-corrected chi connectivity index (χ3v) is 5.67. The summed E-state index contributed by atoms with van der Waals surface area (Å²) in [5.41, 5.74) is 16.5. The quantitative estimate of drug-likeness (QED) is 0.0751. The van der Waals surface area contributed by atoms with Crippen LogP contribution in [-0.2, 0) is 24.0 Å². The molecule has 0 aliphatic rings. The zero-order chi connectivity index (χ0) is 25.4. The predicted octanol–water partition coefficient (Wildman–Crippen LogP) is -2.07. The summed E-state index contributed by atoms with van der Waals surface area (Å²) in [5.74, 6) is -3.60. The fourth-order valence-electron chi connectivity index (χ4n) is 2.71. The standard InChI is InChI=1S/C19H36N6O6S2/c1-33-9-7-13(23-16(27)11(21)4-2-3-8-20)18(29)24-12(5-6-15(22)26)17(28)25-14(10-32)19(30)31/h11-14,32H,2-10,20-21H2,1H3,(H2,22,26)(H,23,27)(H,24,29)(H,25,28)(H,30,31). The lowest BCUT2D eigenvalue weighted by Gasteiger charge is -2.25. The Morgan fingerprint density at radius 3 is 1.94 bits per heavy atom. The summed E-state index contributed by atoms with van der Waals surface area (Å²) >= 11 is 5.35. The first-order valence-corrected chi connectivity index (χ1v) is 12.6. The van der Waals surface area contributed by atoms with Crippen LogP contribution in [0.2, 0.25) is 0 Å². The van der Waals surface area contributed by atoms with Gasteiger partial charge < -0.3 is 38.3 Å². The molecule has 12 nitrogen and oxygen atoms in total. The first-order valence-electron chi connectivity index (χ1n) is 10.5. The van der Waals surface area contributed by atoms with E-state index >= 15 is 0 Å². The summed E-state index contributed by atoms with van der Waals surface area (Å²) in [7, 11) is 0. The number of hydrogen-bond acceptors (Lipinski definition) is 9. The number of unbranched alkanes of at least 4 members (excludes halogenated alkanes) is 1. The third kappa shape index (κ3) is 13.3. The second-order valence-electron chi connectivity index (χ2n) is 7.38. The number of primary amides is 1. The van der Waals surface area contributed by atoms with Gasteiger partial charge in [-0.2, -0.15) is 24.4 Å². The minimum atomic E-state index is -1.30. The van der Waals surface area contributed by atoms with Crippen molar-refractivity contribution in [3.8, 4) is 0 Å². The minimum absolute atomic E-state index is 0.145. The number of rotatable bonds is 18. The lowest BCUT2D eigenvalue weighted by atomic mass is 10.1. The molecule has 0 aromatic rings. The molecule has 0 bridgehead atoms. The van der Waals surface area contributed by atoms with Crippen LogP contribution in [0.25, 0.3) is 0 Å². The molecule has 10 N–H and O–H groups in total. The first-order chi connectivity index (χ1) is 15.6. The van der Waals surface area contributed by atoms with Crippen LogP contribution < -0.4 is 33.2 Å². The van der Waals surface area contributed by atoms with Crippen molar-refractivity contribution >= 4 is 54.0 Å².